The van der Waals surface area contributed by atoms with Gasteiger partial charge in [0.1, 0.15) is 6.33 Å². The van der Waals surface area contributed by atoms with E-state index < -0.39 is 0 Å². The lowest BCUT2D eigenvalue weighted by Gasteiger charge is -2.00. The van der Waals surface area contributed by atoms with Crippen molar-refractivity contribution in [2.24, 2.45) is 0 Å². The average Bonchev–Trinajstić information content (AvgIpc) is 2.47. The molecule has 4 N–H and O–H groups in total. The highest BCUT2D eigenvalue weighted by molar-refractivity contribution is 5.77. The van der Waals surface area contributed by atoms with Crippen molar-refractivity contribution in [1.29, 1.82) is 0 Å². The van der Waals surface area contributed by atoms with E-state index in [4.69, 9.17) is 16.3 Å². The van der Waals surface area contributed by atoms with Gasteiger partial charge >= 0.3 is 0 Å². The van der Waals surface area contributed by atoms with Crippen LogP contribution in [0.1, 0.15) is 0 Å². The third kappa shape index (κ3) is 1.01. The van der Waals surface area contributed by atoms with Gasteiger partial charge in [0.2, 0.25) is 11.8 Å². The van der Waals surface area contributed by atoms with E-state index in [0.29, 0.717) is 17.0 Å². The summed E-state index contributed by atoms with van der Waals surface area (Å²) in [7, 11) is 1.48. The van der Waals surface area contributed by atoms with E-state index >= 15 is 0 Å². The largest absolute Gasteiger partial charge is 0.479 e. The number of fused-ring (bicyclic) bond motifs is 1. The predicted molar refractivity (Wildman–Crippen MR) is 46.4 cm³/mol. The Balaban J connectivity index is 2.84. The van der Waals surface area contributed by atoms with Crippen LogP contribution >= 0.6 is 0 Å². The number of anilines is 1. The van der Waals surface area contributed by atoms with Crippen molar-refractivity contribution < 1.29 is 4.74 Å². The van der Waals surface area contributed by atoms with Gasteiger partial charge in [-0.2, -0.15) is 9.97 Å². The Morgan fingerprint density at radius 1 is 1.46 bits per heavy atom. The second kappa shape index (κ2) is 2.47. The normalized spacial score (nSPS) is 10.5. The molecule has 2 aromatic heterocycles. The first-order chi connectivity index (χ1) is 6.22. The molecule has 0 fully saturated rings. The molecule has 0 unspecified atom stereocenters. The maximum Gasteiger partial charge on any atom is 0.247 e. The quantitative estimate of drug-likeness (QED) is 0.553. The van der Waals surface area contributed by atoms with Crippen LogP contribution in [0.2, 0.25) is 0 Å². The number of hydrogen-bond acceptors (Lipinski definition) is 6. The lowest BCUT2D eigenvalue weighted by atomic mass is 10.5. The van der Waals surface area contributed by atoms with E-state index in [1.807, 2.05) is 0 Å². The fourth-order valence-corrected chi connectivity index (χ4v) is 1.05. The SMILES string of the molecule is COc1nc(N)nc2c1ncn2N. The molecule has 2 rings (SSSR count). The number of nitrogen functional groups attached to an aromatic ring is 2. The Bertz CT molecular complexity index is 450. The summed E-state index contributed by atoms with van der Waals surface area (Å²) < 4.78 is 6.22. The Morgan fingerprint density at radius 2 is 2.23 bits per heavy atom. The van der Waals surface area contributed by atoms with Crippen LogP contribution in [0.25, 0.3) is 11.2 Å². The zero-order valence-electron chi connectivity index (χ0n) is 6.93. The molecule has 13 heavy (non-hydrogen) atoms. The molecule has 7 heteroatoms. The van der Waals surface area contributed by atoms with Crippen molar-refractivity contribution in [1.82, 2.24) is 19.6 Å². The molecule has 68 valence electrons. The summed E-state index contributed by atoms with van der Waals surface area (Å²) in [6, 6.07) is 0. The predicted octanol–water partition coefficient (Wildman–Crippen LogP) is -0.869. The van der Waals surface area contributed by atoms with Gasteiger partial charge in [0.25, 0.3) is 0 Å². The van der Waals surface area contributed by atoms with E-state index in [1.54, 1.807) is 0 Å². The Morgan fingerprint density at radius 3 is 2.92 bits per heavy atom. The summed E-state index contributed by atoms with van der Waals surface area (Å²) in [6.45, 7) is 0. The number of rotatable bonds is 1. The van der Waals surface area contributed by atoms with Gasteiger partial charge in [0.05, 0.1) is 7.11 Å². The zero-order chi connectivity index (χ0) is 9.42. The third-order valence-electron chi connectivity index (χ3n) is 1.60. The molecule has 7 nitrogen and oxygen atoms in total. The summed E-state index contributed by atoms with van der Waals surface area (Å²) in [5.41, 5.74) is 6.38. The van der Waals surface area contributed by atoms with Gasteiger partial charge in [-0.15, -0.1) is 0 Å². The molecule has 0 bridgehead atoms. The fraction of sp³-hybridized carbons (Fsp3) is 0.167. The summed E-state index contributed by atoms with van der Waals surface area (Å²) in [6.07, 6.45) is 1.42. The van der Waals surface area contributed by atoms with Crippen molar-refractivity contribution in [3.05, 3.63) is 6.33 Å². The van der Waals surface area contributed by atoms with E-state index in [-0.39, 0.29) is 5.95 Å². The van der Waals surface area contributed by atoms with Crippen LogP contribution in [0.3, 0.4) is 0 Å². The fourth-order valence-electron chi connectivity index (χ4n) is 1.05. The number of aromatic nitrogens is 4. The Hall–Kier alpha value is -2.05. The lowest BCUT2D eigenvalue weighted by Crippen LogP contribution is -2.08. The second-order valence-corrected chi connectivity index (χ2v) is 2.42. The molecule has 0 spiro atoms. The average molecular weight is 180 g/mol. The monoisotopic (exact) mass is 180 g/mol. The van der Waals surface area contributed by atoms with E-state index in [1.165, 1.54) is 18.1 Å². The first-order valence-electron chi connectivity index (χ1n) is 3.52. The molecule has 0 atom stereocenters. The van der Waals surface area contributed by atoms with Crippen LogP contribution in [0.5, 0.6) is 5.88 Å². The van der Waals surface area contributed by atoms with Gasteiger partial charge in [0, 0.05) is 0 Å². The molecule has 0 saturated carbocycles. The first kappa shape index (κ1) is 7.59. The van der Waals surface area contributed by atoms with Crippen LogP contribution < -0.4 is 16.3 Å². The minimum absolute atomic E-state index is 0.108. The van der Waals surface area contributed by atoms with Crippen molar-refractivity contribution in [2.75, 3.05) is 18.7 Å². The van der Waals surface area contributed by atoms with E-state index in [9.17, 15) is 0 Å². The van der Waals surface area contributed by atoms with Gasteiger partial charge in [0.15, 0.2) is 11.2 Å². The summed E-state index contributed by atoms with van der Waals surface area (Å²) in [5.74, 6) is 5.96. The van der Waals surface area contributed by atoms with Gasteiger partial charge in [-0.25, -0.2) is 9.66 Å². The lowest BCUT2D eigenvalue weighted by molar-refractivity contribution is 0.402. The molecular weight excluding hydrogens is 172 g/mol. The van der Waals surface area contributed by atoms with Gasteiger partial charge in [-0.05, 0) is 0 Å². The zero-order valence-corrected chi connectivity index (χ0v) is 6.93. The Kier molecular flexibility index (Phi) is 1.44. The van der Waals surface area contributed by atoms with Crippen molar-refractivity contribution in [3.8, 4) is 5.88 Å². The van der Waals surface area contributed by atoms with Crippen LogP contribution in [0.4, 0.5) is 5.95 Å². The van der Waals surface area contributed by atoms with Crippen molar-refractivity contribution in [2.45, 2.75) is 0 Å². The van der Waals surface area contributed by atoms with Gasteiger partial charge in [-0.1, -0.05) is 0 Å². The standard InChI is InChI=1S/C6H8N6O/c1-13-5-3-4(10-6(7)11-5)12(8)2-9-3/h2H,8H2,1H3,(H2,7,10,11). The maximum atomic E-state index is 5.52. The van der Waals surface area contributed by atoms with E-state index in [0.717, 1.165) is 0 Å². The molecule has 2 heterocycles. The summed E-state index contributed by atoms with van der Waals surface area (Å²) >= 11 is 0. The van der Waals surface area contributed by atoms with E-state index in [2.05, 4.69) is 15.0 Å². The minimum atomic E-state index is 0.108. The molecule has 0 radical (unpaired) electrons. The van der Waals surface area contributed by atoms with Crippen molar-refractivity contribution in [3.63, 3.8) is 0 Å². The number of ether oxygens (including phenoxy) is 1. The highest BCUT2D eigenvalue weighted by Crippen LogP contribution is 2.19. The molecule has 0 amide bonds. The highest BCUT2D eigenvalue weighted by Gasteiger charge is 2.10. The molecule has 2 aromatic rings. The number of nitrogens with two attached hydrogens (primary N) is 2. The number of methoxy groups -OCH3 is 1. The van der Waals surface area contributed by atoms with Crippen molar-refractivity contribution >= 4 is 17.1 Å². The van der Waals surface area contributed by atoms with Gasteiger partial charge < -0.3 is 16.3 Å². The third-order valence-corrected chi connectivity index (χ3v) is 1.60. The molecule has 0 aromatic carbocycles. The molecule has 0 aliphatic carbocycles. The number of imidazole rings is 1. The second-order valence-electron chi connectivity index (χ2n) is 2.42. The van der Waals surface area contributed by atoms with Crippen LogP contribution in [-0.2, 0) is 0 Å². The maximum absolute atomic E-state index is 5.52. The highest BCUT2D eigenvalue weighted by atomic mass is 16.5. The van der Waals surface area contributed by atoms with Gasteiger partial charge in [-0.3, -0.25) is 0 Å². The molecule has 0 aliphatic heterocycles. The first-order valence-corrected chi connectivity index (χ1v) is 3.52. The Labute approximate surface area is 73.3 Å². The molecular formula is C6H8N6O. The number of hydrogen-bond donors (Lipinski definition) is 2. The summed E-state index contributed by atoms with van der Waals surface area (Å²) in [4.78, 5) is 11.7. The number of nitrogens with zero attached hydrogens (tertiary/aromatic N) is 4. The minimum Gasteiger partial charge on any atom is -0.479 e. The van der Waals surface area contributed by atoms with Crippen LogP contribution in [-0.4, -0.2) is 26.7 Å². The molecule has 0 saturated heterocycles. The van der Waals surface area contributed by atoms with Crippen LogP contribution in [0.15, 0.2) is 6.33 Å². The topological polar surface area (TPSA) is 105 Å². The van der Waals surface area contributed by atoms with Crippen LogP contribution in [0, 0.1) is 0 Å². The summed E-state index contributed by atoms with van der Waals surface area (Å²) in [5, 5.41) is 0. The smallest absolute Gasteiger partial charge is 0.247 e. The molecule has 0 aliphatic rings.